The quantitative estimate of drug-likeness (QED) is 0.585. The highest BCUT2D eigenvalue weighted by Crippen LogP contribution is 2.11. The summed E-state index contributed by atoms with van der Waals surface area (Å²) in [7, 11) is 0. The van der Waals surface area contributed by atoms with Crippen LogP contribution in [0.2, 0.25) is 0 Å². The zero-order valence-electron chi connectivity index (χ0n) is 5.70. The summed E-state index contributed by atoms with van der Waals surface area (Å²) >= 11 is 0. The van der Waals surface area contributed by atoms with Crippen LogP contribution in [-0.2, 0) is 0 Å². The van der Waals surface area contributed by atoms with Gasteiger partial charge in [-0.3, -0.25) is 0 Å². The maximum Gasteiger partial charge on any atom is 0.0693 e. The monoisotopic (exact) mass is 138 g/mol. The third kappa shape index (κ3) is 0.903. The maximum atomic E-state index is 3.92. The van der Waals surface area contributed by atoms with Crippen LogP contribution in [0.5, 0.6) is 0 Å². The van der Waals surface area contributed by atoms with Gasteiger partial charge in [0.05, 0.1) is 12.2 Å². The fourth-order valence-corrected chi connectivity index (χ4v) is 1.28. The molecule has 1 aromatic rings. The number of nitrogens with one attached hydrogen (secondary N) is 1. The lowest BCUT2D eigenvalue weighted by atomic mass is 10.3. The fraction of sp³-hybridized carbons (Fsp3) is 0.667. The predicted molar refractivity (Wildman–Crippen MR) is 36.5 cm³/mol. The van der Waals surface area contributed by atoms with Gasteiger partial charge in [0.1, 0.15) is 0 Å². The van der Waals surface area contributed by atoms with Crippen LogP contribution in [0.1, 0.15) is 12.5 Å². The topological polar surface area (TPSA) is 42.7 Å². The van der Waals surface area contributed by atoms with Crippen LogP contribution in [0.4, 0.5) is 0 Å². The molecule has 10 heavy (non-hydrogen) atoms. The van der Waals surface area contributed by atoms with Crippen molar-refractivity contribution in [2.45, 2.75) is 12.5 Å². The van der Waals surface area contributed by atoms with Gasteiger partial charge in [0.25, 0.3) is 0 Å². The van der Waals surface area contributed by atoms with Crippen molar-refractivity contribution in [1.29, 1.82) is 0 Å². The first kappa shape index (κ1) is 5.85. The van der Waals surface area contributed by atoms with Gasteiger partial charge in [0, 0.05) is 12.7 Å². The summed E-state index contributed by atoms with van der Waals surface area (Å²) in [5.41, 5.74) is 0. The molecule has 1 aliphatic heterocycles. The van der Waals surface area contributed by atoms with Gasteiger partial charge in [-0.1, -0.05) is 5.21 Å². The van der Waals surface area contributed by atoms with Gasteiger partial charge in [-0.15, -0.1) is 5.10 Å². The molecular formula is C6H10N4. The molecule has 1 N–H and O–H groups in total. The van der Waals surface area contributed by atoms with E-state index in [-0.39, 0.29) is 0 Å². The van der Waals surface area contributed by atoms with Gasteiger partial charge in [0.15, 0.2) is 0 Å². The van der Waals surface area contributed by atoms with E-state index >= 15 is 0 Å². The van der Waals surface area contributed by atoms with Crippen LogP contribution in [0.25, 0.3) is 0 Å². The van der Waals surface area contributed by atoms with E-state index in [9.17, 15) is 0 Å². The van der Waals surface area contributed by atoms with Crippen molar-refractivity contribution in [2.24, 2.45) is 0 Å². The predicted octanol–water partition coefficient (Wildman–Crippen LogP) is -0.188. The van der Waals surface area contributed by atoms with Gasteiger partial charge in [-0.25, -0.2) is 4.68 Å². The molecule has 1 aromatic heterocycles. The molecule has 1 atom stereocenters. The van der Waals surface area contributed by atoms with Crippen molar-refractivity contribution in [3.63, 3.8) is 0 Å². The fourth-order valence-electron chi connectivity index (χ4n) is 1.28. The van der Waals surface area contributed by atoms with Gasteiger partial charge in [-0.2, -0.15) is 0 Å². The van der Waals surface area contributed by atoms with E-state index in [2.05, 4.69) is 15.6 Å². The average Bonchev–Trinajstić information content (AvgIpc) is 2.59. The molecule has 1 fully saturated rings. The summed E-state index contributed by atoms with van der Waals surface area (Å²) in [6.45, 7) is 2.13. The van der Waals surface area contributed by atoms with Crippen molar-refractivity contribution >= 4 is 0 Å². The lowest BCUT2D eigenvalue weighted by Gasteiger charge is -2.05. The van der Waals surface area contributed by atoms with Gasteiger partial charge in [-0.05, 0) is 13.0 Å². The lowest BCUT2D eigenvalue weighted by molar-refractivity contribution is 0.476. The molecule has 54 valence electrons. The van der Waals surface area contributed by atoms with Crippen LogP contribution < -0.4 is 5.32 Å². The van der Waals surface area contributed by atoms with Crippen molar-refractivity contribution in [2.75, 3.05) is 13.1 Å². The first-order valence-electron chi connectivity index (χ1n) is 3.53. The van der Waals surface area contributed by atoms with Crippen molar-refractivity contribution < 1.29 is 0 Å². The number of aromatic nitrogens is 3. The minimum Gasteiger partial charge on any atom is -0.315 e. The first-order chi connectivity index (χ1) is 4.97. The third-order valence-corrected chi connectivity index (χ3v) is 1.85. The molecule has 1 aliphatic rings. The van der Waals surface area contributed by atoms with Crippen molar-refractivity contribution in [1.82, 2.24) is 20.3 Å². The molecule has 2 heterocycles. The molecule has 1 saturated heterocycles. The van der Waals surface area contributed by atoms with E-state index < -0.39 is 0 Å². The third-order valence-electron chi connectivity index (χ3n) is 1.85. The molecular weight excluding hydrogens is 128 g/mol. The Morgan fingerprint density at radius 2 is 2.60 bits per heavy atom. The smallest absolute Gasteiger partial charge is 0.0693 e. The highest BCUT2D eigenvalue weighted by molar-refractivity contribution is 4.78. The van der Waals surface area contributed by atoms with Crippen molar-refractivity contribution in [3.05, 3.63) is 12.4 Å². The summed E-state index contributed by atoms with van der Waals surface area (Å²) < 4.78 is 1.92. The van der Waals surface area contributed by atoms with Crippen LogP contribution in [0.3, 0.4) is 0 Å². The summed E-state index contributed by atoms with van der Waals surface area (Å²) in [5, 5.41) is 10.9. The maximum absolute atomic E-state index is 3.92. The number of rotatable bonds is 1. The summed E-state index contributed by atoms with van der Waals surface area (Å²) in [6.07, 6.45) is 4.80. The molecule has 4 heteroatoms. The Labute approximate surface area is 59.2 Å². The van der Waals surface area contributed by atoms with Gasteiger partial charge < -0.3 is 5.32 Å². The minimum atomic E-state index is 0.530. The van der Waals surface area contributed by atoms with Crippen LogP contribution >= 0.6 is 0 Å². The molecule has 0 aliphatic carbocycles. The second-order valence-corrected chi connectivity index (χ2v) is 2.53. The highest BCUT2D eigenvalue weighted by atomic mass is 15.4. The Morgan fingerprint density at radius 1 is 1.60 bits per heavy atom. The SMILES string of the molecule is c1cn(C2CCNC2)nn1. The molecule has 0 radical (unpaired) electrons. The summed E-state index contributed by atoms with van der Waals surface area (Å²) in [4.78, 5) is 0. The Kier molecular flexibility index (Phi) is 1.39. The molecule has 2 rings (SSSR count). The van der Waals surface area contributed by atoms with Gasteiger partial charge in [0.2, 0.25) is 0 Å². The Morgan fingerprint density at radius 3 is 3.20 bits per heavy atom. The van der Waals surface area contributed by atoms with E-state index in [1.165, 1.54) is 6.42 Å². The second kappa shape index (κ2) is 2.38. The van der Waals surface area contributed by atoms with Crippen LogP contribution in [-0.4, -0.2) is 28.1 Å². The van der Waals surface area contributed by atoms with E-state index in [0.29, 0.717) is 6.04 Å². The second-order valence-electron chi connectivity index (χ2n) is 2.53. The normalized spacial score (nSPS) is 25.4. The Balaban J connectivity index is 2.12. The summed E-state index contributed by atoms with van der Waals surface area (Å²) in [6, 6.07) is 0.530. The average molecular weight is 138 g/mol. The lowest BCUT2D eigenvalue weighted by Crippen LogP contribution is -2.13. The molecule has 0 amide bonds. The zero-order chi connectivity index (χ0) is 6.81. The standard InChI is InChI=1S/C6H10N4/c1-2-7-5-6(1)10-4-3-8-9-10/h3-4,6-7H,1-2,5H2. The van der Waals surface area contributed by atoms with Crippen molar-refractivity contribution in [3.8, 4) is 0 Å². The number of nitrogens with zero attached hydrogens (tertiary/aromatic N) is 3. The molecule has 1 unspecified atom stereocenters. The van der Waals surface area contributed by atoms with E-state index in [4.69, 9.17) is 0 Å². The number of hydrogen-bond donors (Lipinski definition) is 1. The number of hydrogen-bond acceptors (Lipinski definition) is 3. The van der Waals surface area contributed by atoms with E-state index in [1.54, 1.807) is 6.20 Å². The summed E-state index contributed by atoms with van der Waals surface area (Å²) in [5.74, 6) is 0. The molecule has 4 nitrogen and oxygen atoms in total. The zero-order valence-corrected chi connectivity index (χ0v) is 5.70. The van der Waals surface area contributed by atoms with Crippen LogP contribution in [0.15, 0.2) is 12.4 Å². The molecule has 0 aromatic carbocycles. The van der Waals surface area contributed by atoms with Gasteiger partial charge >= 0.3 is 0 Å². The largest absolute Gasteiger partial charge is 0.315 e. The molecule has 0 saturated carbocycles. The highest BCUT2D eigenvalue weighted by Gasteiger charge is 2.15. The molecule has 0 spiro atoms. The Bertz CT molecular complexity index is 188. The van der Waals surface area contributed by atoms with Crippen LogP contribution in [0, 0.1) is 0 Å². The Hall–Kier alpha value is -0.900. The molecule has 0 bridgehead atoms. The van der Waals surface area contributed by atoms with E-state index in [1.807, 2.05) is 10.9 Å². The first-order valence-corrected chi connectivity index (χ1v) is 3.53. The van der Waals surface area contributed by atoms with E-state index in [0.717, 1.165) is 13.1 Å². The minimum absolute atomic E-state index is 0.530.